The van der Waals surface area contributed by atoms with E-state index >= 15 is 0 Å². The first-order valence-electron chi connectivity index (χ1n) is 6.83. The summed E-state index contributed by atoms with van der Waals surface area (Å²) in [4.78, 5) is 6.85. The Hall–Kier alpha value is -0.960. The molecule has 2 N–H and O–H groups in total. The van der Waals surface area contributed by atoms with E-state index < -0.39 is 10.2 Å². The predicted octanol–water partition coefficient (Wildman–Crippen LogP) is 0.145. The van der Waals surface area contributed by atoms with E-state index in [0.29, 0.717) is 32.7 Å². The van der Waals surface area contributed by atoms with Crippen molar-refractivity contribution in [2.45, 2.75) is 19.3 Å². The van der Waals surface area contributed by atoms with Crippen LogP contribution in [0, 0.1) is 5.92 Å². The maximum absolute atomic E-state index is 12.2. The normalized spacial score (nSPS) is 21.1. The second-order valence-electron chi connectivity index (χ2n) is 5.05. The molecule has 2 rings (SSSR count). The maximum atomic E-state index is 12.2. The van der Waals surface area contributed by atoms with Gasteiger partial charge in [0.05, 0.1) is 12.9 Å². The SMILES string of the molecule is COCC1CCCN(S(=O)(=O)NCCc2cnc[nH]2)C1. The first kappa shape index (κ1) is 15.4. The third-order valence-electron chi connectivity index (χ3n) is 3.46. The lowest BCUT2D eigenvalue weighted by molar-refractivity contribution is 0.118. The van der Waals surface area contributed by atoms with Crippen molar-refractivity contribution in [1.82, 2.24) is 19.0 Å². The average Bonchev–Trinajstić information content (AvgIpc) is 2.92. The Balaban J connectivity index is 1.82. The molecular weight excluding hydrogens is 280 g/mol. The molecule has 0 radical (unpaired) electrons. The molecule has 1 aliphatic heterocycles. The van der Waals surface area contributed by atoms with Crippen LogP contribution >= 0.6 is 0 Å². The molecule has 1 unspecified atom stereocenters. The number of aromatic amines is 1. The summed E-state index contributed by atoms with van der Waals surface area (Å²) >= 11 is 0. The van der Waals surface area contributed by atoms with Gasteiger partial charge in [-0.25, -0.2) is 9.71 Å². The Morgan fingerprint density at radius 2 is 2.45 bits per heavy atom. The van der Waals surface area contributed by atoms with E-state index in [1.165, 1.54) is 4.31 Å². The molecule has 1 fully saturated rings. The number of piperidine rings is 1. The summed E-state index contributed by atoms with van der Waals surface area (Å²) in [5, 5.41) is 0. The molecule has 1 aromatic heterocycles. The fourth-order valence-corrected chi connectivity index (χ4v) is 3.76. The lowest BCUT2D eigenvalue weighted by Gasteiger charge is -2.31. The largest absolute Gasteiger partial charge is 0.384 e. The van der Waals surface area contributed by atoms with Gasteiger partial charge in [-0.3, -0.25) is 0 Å². The van der Waals surface area contributed by atoms with Crippen molar-refractivity contribution < 1.29 is 13.2 Å². The first-order chi connectivity index (χ1) is 9.62. The summed E-state index contributed by atoms with van der Waals surface area (Å²) in [5.74, 6) is 0.290. The Kier molecular flexibility index (Phi) is 5.53. The van der Waals surface area contributed by atoms with Gasteiger partial charge in [0.25, 0.3) is 10.2 Å². The highest BCUT2D eigenvalue weighted by Crippen LogP contribution is 2.18. The minimum atomic E-state index is -3.39. The number of nitrogens with one attached hydrogen (secondary N) is 2. The van der Waals surface area contributed by atoms with Crippen LogP contribution in [0.1, 0.15) is 18.5 Å². The number of imidazole rings is 1. The van der Waals surface area contributed by atoms with Crippen molar-refractivity contribution in [3.63, 3.8) is 0 Å². The van der Waals surface area contributed by atoms with Crippen LogP contribution in [-0.2, 0) is 21.4 Å². The van der Waals surface area contributed by atoms with Gasteiger partial charge >= 0.3 is 0 Å². The van der Waals surface area contributed by atoms with E-state index in [4.69, 9.17) is 4.74 Å². The minimum Gasteiger partial charge on any atom is -0.384 e. The summed E-state index contributed by atoms with van der Waals surface area (Å²) in [6.45, 7) is 2.10. The van der Waals surface area contributed by atoms with E-state index in [1.807, 2.05) is 0 Å². The molecule has 0 aromatic carbocycles. The molecule has 0 spiro atoms. The quantitative estimate of drug-likeness (QED) is 0.750. The van der Waals surface area contributed by atoms with Gasteiger partial charge in [0.1, 0.15) is 0 Å². The molecule has 2 heterocycles. The van der Waals surface area contributed by atoms with Gasteiger partial charge in [-0.1, -0.05) is 0 Å². The number of H-pyrrole nitrogens is 1. The zero-order valence-electron chi connectivity index (χ0n) is 11.7. The van der Waals surface area contributed by atoms with Crippen molar-refractivity contribution in [2.24, 2.45) is 5.92 Å². The van der Waals surface area contributed by atoms with Crippen molar-refractivity contribution in [1.29, 1.82) is 0 Å². The van der Waals surface area contributed by atoms with Gasteiger partial charge in [0.15, 0.2) is 0 Å². The standard InChI is InChI=1S/C12H22N4O3S/c1-19-9-11-3-2-6-16(8-11)20(17,18)15-5-4-12-7-13-10-14-12/h7,10-11,15H,2-6,8-9H2,1H3,(H,13,14). The summed E-state index contributed by atoms with van der Waals surface area (Å²) in [7, 11) is -1.75. The molecule has 1 atom stereocenters. The highest BCUT2D eigenvalue weighted by Gasteiger charge is 2.28. The summed E-state index contributed by atoms with van der Waals surface area (Å²) in [6, 6.07) is 0. The summed E-state index contributed by atoms with van der Waals surface area (Å²) in [6.07, 6.45) is 5.80. The lowest BCUT2D eigenvalue weighted by atomic mass is 10.0. The Morgan fingerprint density at radius 3 is 3.15 bits per heavy atom. The smallest absolute Gasteiger partial charge is 0.279 e. The van der Waals surface area contributed by atoms with Crippen LogP contribution in [0.5, 0.6) is 0 Å². The Labute approximate surface area is 119 Å². The van der Waals surface area contributed by atoms with Gasteiger partial charge in [0, 0.05) is 45.1 Å². The van der Waals surface area contributed by atoms with E-state index in [2.05, 4.69) is 14.7 Å². The third kappa shape index (κ3) is 4.27. The number of hydrogen-bond donors (Lipinski definition) is 2. The number of rotatable bonds is 7. The molecule has 1 saturated heterocycles. The molecular formula is C12H22N4O3S. The van der Waals surface area contributed by atoms with Crippen LogP contribution in [0.3, 0.4) is 0 Å². The zero-order chi connectivity index (χ0) is 14.4. The Bertz CT molecular complexity index is 487. The van der Waals surface area contributed by atoms with Crippen LogP contribution in [0.15, 0.2) is 12.5 Å². The number of aromatic nitrogens is 2. The molecule has 0 amide bonds. The van der Waals surface area contributed by atoms with Crippen molar-refractivity contribution >= 4 is 10.2 Å². The second-order valence-corrected chi connectivity index (χ2v) is 6.80. The van der Waals surface area contributed by atoms with E-state index in [-0.39, 0.29) is 5.92 Å². The van der Waals surface area contributed by atoms with Crippen LogP contribution < -0.4 is 4.72 Å². The van der Waals surface area contributed by atoms with Crippen LogP contribution in [0.2, 0.25) is 0 Å². The van der Waals surface area contributed by atoms with Gasteiger partial charge in [0.2, 0.25) is 0 Å². The molecule has 8 heteroatoms. The third-order valence-corrected chi connectivity index (χ3v) is 5.04. The van der Waals surface area contributed by atoms with Crippen molar-refractivity contribution in [2.75, 3.05) is 33.4 Å². The molecule has 0 bridgehead atoms. The van der Waals surface area contributed by atoms with Crippen LogP contribution in [0.4, 0.5) is 0 Å². The van der Waals surface area contributed by atoms with Crippen molar-refractivity contribution in [3.8, 4) is 0 Å². The highest BCUT2D eigenvalue weighted by molar-refractivity contribution is 7.87. The predicted molar refractivity (Wildman–Crippen MR) is 75.4 cm³/mol. The zero-order valence-corrected chi connectivity index (χ0v) is 12.5. The molecule has 1 aliphatic rings. The molecule has 0 aliphatic carbocycles. The van der Waals surface area contributed by atoms with Gasteiger partial charge in [-0.05, 0) is 18.8 Å². The topological polar surface area (TPSA) is 87.3 Å². The minimum absolute atomic E-state index is 0.290. The monoisotopic (exact) mass is 302 g/mol. The maximum Gasteiger partial charge on any atom is 0.279 e. The highest BCUT2D eigenvalue weighted by atomic mass is 32.2. The van der Waals surface area contributed by atoms with Gasteiger partial charge in [-0.15, -0.1) is 0 Å². The molecule has 0 saturated carbocycles. The van der Waals surface area contributed by atoms with Crippen molar-refractivity contribution in [3.05, 3.63) is 18.2 Å². The van der Waals surface area contributed by atoms with Crippen LogP contribution in [0.25, 0.3) is 0 Å². The van der Waals surface area contributed by atoms with Crippen LogP contribution in [-0.4, -0.2) is 56.0 Å². The average molecular weight is 302 g/mol. The number of ether oxygens (including phenoxy) is 1. The second kappa shape index (κ2) is 7.16. The molecule has 114 valence electrons. The lowest BCUT2D eigenvalue weighted by Crippen LogP contribution is -2.47. The summed E-state index contributed by atoms with van der Waals surface area (Å²) in [5.41, 5.74) is 0.920. The van der Waals surface area contributed by atoms with E-state index in [1.54, 1.807) is 19.6 Å². The van der Waals surface area contributed by atoms with Gasteiger partial charge in [-0.2, -0.15) is 12.7 Å². The Morgan fingerprint density at radius 1 is 1.60 bits per heavy atom. The number of nitrogens with zero attached hydrogens (tertiary/aromatic N) is 2. The molecule has 20 heavy (non-hydrogen) atoms. The fourth-order valence-electron chi connectivity index (χ4n) is 2.44. The molecule has 7 nitrogen and oxygen atoms in total. The summed E-state index contributed by atoms with van der Waals surface area (Å²) < 4.78 is 33.7. The fraction of sp³-hybridized carbons (Fsp3) is 0.750. The van der Waals surface area contributed by atoms with E-state index in [0.717, 1.165) is 18.5 Å². The number of methoxy groups -OCH3 is 1. The van der Waals surface area contributed by atoms with E-state index in [9.17, 15) is 8.42 Å². The first-order valence-corrected chi connectivity index (χ1v) is 8.27. The van der Waals surface area contributed by atoms with Gasteiger partial charge < -0.3 is 9.72 Å². The molecule has 1 aromatic rings. The number of hydrogen-bond acceptors (Lipinski definition) is 4.